The molecule has 1 aromatic rings. The summed E-state index contributed by atoms with van der Waals surface area (Å²) in [7, 11) is 0. The third-order valence-corrected chi connectivity index (χ3v) is 8.12. The summed E-state index contributed by atoms with van der Waals surface area (Å²) < 4.78 is 0. The van der Waals surface area contributed by atoms with Crippen LogP contribution in [-0.4, -0.2) is 48.6 Å². The summed E-state index contributed by atoms with van der Waals surface area (Å²) in [5.74, 6) is 2.89. The minimum absolute atomic E-state index is 0.0213. The Labute approximate surface area is 169 Å². The van der Waals surface area contributed by atoms with Crippen LogP contribution in [0.2, 0.25) is 0 Å². The van der Waals surface area contributed by atoms with Crippen LogP contribution in [-0.2, 0) is 4.79 Å². The van der Waals surface area contributed by atoms with Gasteiger partial charge in [0.15, 0.2) is 0 Å². The van der Waals surface area contributed by atoms with Crippen LogP contribution in [0.25, 0.3) is 0 Å². The minimum atomic E-state index is -0.0213. The molecule has 1 atom stereocenters. The average molecular weight is 382 g/mol. The Kier molecular flexibility index (Phi) is 4.65. The van der Waals surface area contributed by atoms with E-state index in [0.717, 1.165) is 43.9 Å². The molecule has 4 heteroatoms. The molecule has 4 aliphatic carbocycles. The molecular formula is C24H35N3O. The van der Waals surface area contributed by atoms with E-state index in [-0.39, 0.29) is 17.5 Å². The monoisotopic (exact) mass is 381 g/mol. The molecule has 1 aliphatic heterocycles. The van der Waals surface area contributed by atoms with E-state index in [4.69, 9.17) is 0 Å². The number of piperazine rings is 1. The summed E-state index contributed by atoms with van der Waals surface area (Å²) in [6.07, 6.45) is 7.97. The van der Waals surface area contributed by atoms with E-state index in [0.29, 0.717) is 0 Å². The number of nitrogens with zero attached hydrogens (tertiary/aromatic N) is 2. The Morgan fingerprint density at radius 2 is 1.57 bits per heavy atom. The van der Waals surface area contributed by atoms with E-state index >= 15 is 0 Å². The fraction of sp³-hybridized carbons (Fsp3) is 0.708. The lowest BCUT2D eigenvalue weighted by Gasteiger charge is -2.57. The second-order valence-electron chi connectivity index (χ2n) is 10.2. The molecule has 5 fully saturated rings. The standard InChI is InChI=1S/C24H35N3O/c1-17-5-3-4-6-22(17)27-9-7-26(8-10-27)18(2)23(28)25-24-14-19-11-20(15-24)13-21(12-19)16-24/h3-6,18-21H,7-16H2,1-2H3,(H,25,28). The molecule has 1 N–H and O–H groups in total. The van der Waals surface area contributed by atoms with Gasteiger partial charge in [0.25, 0.3) is 0 Å². The van der Waals surface area contributed by atoms with Gasteiger partial charge in [0.05, 0.1) is 6.04 Å². The van der Waals surface area contributed by atoms with Crippen LogP contribution in [0.1, 0.15) is 51.0 Å². The van der Waals surface area contributed by atoms with Gasteiger partial charge >= 0.3 is 0 Å². The molecule has 1 amide bonds. The molecule has 4 saturated carbocycles. The highest BCUT2D eigenvalue weighted by atomic mass is 16.2. The Balaban J connectivity index is 1.19. The van der Waals surface area contributed by atoms with Crippen molar-refractivity contribution < 1.29 is 4.79 Å². The van der Waals surface area contributed by atoms with Crippen molar-refractivity contribution in [2.75, 3.05) is 31.1 Å². The maximum absolute atomic E-state index is 13.2. The lowest BCUT2D eigenvalue weighted by Crippen LogP contribution is -2.63. The summed E-state index contributed by atoms with van der Waals surface area (Å²) in [6, 6.07) is 8.60. The van der Waals surface area contributed by atoms with Crippen molar-refractivity contribution in [2.24, 2.45) is 17.8 Å². The van der Waals surface area contributed by atoms with E-state index in [1.807, 2.05) is 0 Å². The van der Waals surface area contributed by atoms with Gasteiger partial charge in [-0.1, -0.05) is 18.2 Å². The van der Waals surface area contributed by atoms with Gasteiger partial charge in [-0.2, -0.15) is 0 Å². The van der Waals surface area contributed by atoms with Crippen LogP contribution < -0.4 is 10.2 Å². The first kappa shape index (κ1) is 18.5. The van der Waals surface area contributed by atoms with Crippen molar-refractivity contribution in [1.29, 1.82) is 0 Å². The van der Waals surface area contributed by atoms with Crippen LogP contribution in [0.15, 0.2) is 24.3 Å². The lowest BCUT2D eigenvalue weighted by atomic mass is 9.53. The zero-order chi connectivity index (χ0) is 19.3. The second-order valence-corrected chi connectivity index (χ2v) is 10.2. The quantitative estimate of drug-likeness (QED) is 0.866. The summed E-state index contributed by atoms with van der Waals surface area (Å²) in [6.45, 7) is 8.22. The van der Waals surface area contributed by atoms with E-state index in [1.54, 1.807) is 0 Å². The van der Waals surface area contributed by atoms with E-state index in [9.17, 15) is 4.79 Å². The maximum atomic E-state index is 13.2. The SMILES string of the molecule is Cc1ccccc1N1CCN(C(C)C(=O)NC23CC4CC(CC(C4)C2)C3)CC1. The Morgan fingerprint density at radius 1 is 1.00 bits per heavy atom. The summed E-state index contributed by atoms with van der Waals surface area (Å²) in [5.41, 5.74) is 2.81. The molecule has 4 bridgehead atoms. The molecule has 1 heterocycles. The number of para-hydroxylation sites is 1. The maximum Gasteiger partial charge on any atom is 0.237 e. The normalized spacial score (nSPS) is 35.8. The number of hydrogen-bond acceptors (Lipinski definition) is 3. The number of amides is 1. The number of rotatable bonds is 4. The number of carbonyl (C=O) groups excluding carboxylic acids is 1. The number of carbonyl (C=O) groups is 1. The van der Waals surface area contributed by atoms with Crippen LogP contribution in [0.4, 0.5) is 5.69 Å². The van der Waals surface area contributed by atoms with Gasteiger partial charge < -0.3 is 10.2 Å². The third kappa shape index (κ3) is 3.34. The predicted molar refractivity (Wildman–Crippen MR) is 113 cm³/mol. The molecule has 0 radical (unpaired) electrons. The zero-order valence-corrected chi connectivity index (χ0v) is 17.5. The highest BCUT2D eigenvalue weighted by Gasteiger charge is 2.51. The lowest BCUT2D eigenvalue weighted by molar-refractivity contribution is -0.131. The topological polar surface area (TPSA) is 35.6 Å². The van der Waals surface area contributed by atoms with Gasteiger partial charge in [-0.3, -0.25) is 9.69 Å². The molecule has 5 aliphatic rings. The zero-order valence-electron chi connectivity index (χ0n) is 17.5. The number of nitrogens with one attached hydrogen (secondary N) is 1. The van der Waals surface area contributed by atoms with Gasteiger partial charge in [-0.25, -0.2) is 0 Å². The number of aryl methyl sites for hydroxylation is 1. The van der Waals surface area contributed by atoms with Gasteiger partial charge in [0.1, 0.15) is 0 Å². The van der Waals surface area contributed by atoms with Crippen molar-refractivity contribution in [3.05, 3.63) is 29.8 Å². The van der Waals surface area contributed by atoms with Crippen molar-refractivity contribution in [1.82, 2.24) is 10.2 Å². The van der Waals surface area contributed by atoms with Crippen molar-refractivity contribution in [2.45, 2.75) is 64.0 Å². The van der Waals surface area contributed by atoms with Crippen LogP contribution in [0.5, 0.6) is 0 Å². The second kappa shape index (κ2) is 7.05. The largest absolute Gasteiger partial charge is 0.369 e. The fourth-order valence-corrected chi connectivity index (χ4v) is 7.06. The molecule has 0 spiro atoms. The van der Waals surface area contributed by atoms with E-state index in [2.05, 4.69) is 53.2 Å². The predicted octanol–water partition coefficient (Wildman–Crippen LogP) is 3.59. The first-order chi connectivity index (χ1) is 13.5. The first-order valence-electron chi connectivity index (χ1n) is 11.4. The first-order valence-corrected chi connectivity index (χ1v) is 11.4. The number of hydrogen-bond donors (Lipinski definition) is 1. The minimum Gasteiger partial charge on any atom is -0.369 e. The van der Waals surface area contributed by atoms with Gasteiger partial charge in [0.2, 0.25) is 5.91 Å². The van der Waals surface area contributed by atoms with Crippen LogP contribution in [0.3, 0.4) is 0 Å². The highest BCUT2D eigenvalue weighted by molar-refractivity contribution is 5.82. The molecule has 0 aromatic heterocycles. The number of anilines is 1. The van der Waals surface area contributed by atoms with Gasteiger partial charge in [0, 0.05) is 37.4 Å². The molecular weight excluding hydrogens is 346 g/mol. The van der Waals surface area contributed by atoms with Gasteiger partial charge in [-0.05, 0) is 81.8 Å². The number of benzene rings is 1. The Hall–Kier alpha value is -1.55. The molecule has 1 unspecified atom stereocenters. The Morgan fingerprint density at radius 3 is 2.14 bits per heavy atom. The van der Waals surface area contributed by atoms with E-state index in [1.165, 1.54) is 49.8 Å². The van der Waals surface area contributed by atoms with Crippen LogP contribution in [0, 0.1) is 24.7 Å². The smallest absolute Gasteiger partial charge is 0.237 e. The summed E-state index contributed by atoms with van der Waals surface area (Å²) in [4.78, 5) is 18.0. The van der Waals surface area contributed by atoms with Crippen molar-refractivity contribution in [3.8, 4) is 0 Å². The van der Waals surface area contributed by atoms with Crippen molar-refractivity contribution >= 4 is 11.6 Å². The molecule has 152 valence electrons. The molecule has 28 heavy (non-hydrogen) atoms. The fourth-order valence-electron chi connectivity index (χ4n) is 7.06. The molecule has 1 aromatic carbocycles. The average Bonchev–Trinajstić information content (AvgIpc) is 2.66. The van der Waals surface area contributed by atoms with Gasteiger partial charge in [-0.15, -0.1) is 0 Å². The Bertz CT molecular complexity index is 702. The molecule has 6 rings (SSSR count). The van der Waals surface area contributed by atoms with E-state index < -0.39 is 0 Å². The highest BCUT2D eigenvalue weighted by Crippen LogP contribution is 2.55. The summed E-state index contributed by atoms with van der Waals surface area (Å²) in [5, 5.41) is 3.58. The molecule has 4 nitrogen and oxygen atoms in total. The van der Waals surface area contributed by atoms with Crippen molar-refractivity contribution in [3.63, 3.8) is 0 Å². The van der Waals surface area contributed by atoms with Crippen LogP contribution >= 0.6 is 0 Å². The molecule has 1 saturated heterocycles. The summed E-state index contributed by atoms with van der Waals surface area (Å²) >= 11 is 0. The third-order valence-electron chi connectivity index (χ3n) is 8.12.